The molecule has 8 rings (SSSR count). The number of hydrogen-bond donors (Lipinski definition) is 0. The summed E-state index contributed by atoms with van der Waals surface area (Å²) >= 11 is 0. The van der Waals surface area contributed by atoms with Crippen molar-refractivity contribution in [3.8, 4) is 0 Å². The van der Waals surface area contributed by atoms with Gasteiger partial charge in [-0.05, 0) is 44.2 Å². The number of benzene rings is 2. The Balaban J connectivity index is 1.05. The van der Waals surface area contributed by atoms with E-state index in [1.54, 1.807) is 5.57 Å². The summed E-state index contributed by atoms with van der Waals surface area (Å²) in [6, 6.07) is 15.6. The minimum absolute atomic E-state index is 0.270. The Bertz CT molecular complexity index is 1500. The van der Waals surface area contributed by atoms with Crippen molar-refractivity contribution in [2.45, 2.75) is 82.5 Å². The minimum atomic E-state index is 0.270. The van der Waals surface area contributed by atoms with Crippen molar-refractivity contribution in [2.24, 2.45) is 29.6 Å². The van der Waals surface area contributed by atoms with Crippen molar-refractivity contribution in [3.63, 3.8) is 0 Å². The molecule has 3 heteroatoms. The van der Waals surface area contributed by atoms with Gasteiger partial charge in [-0.3, -0.25) is 4.90 Å². The maximum atomic E-state index is 7.16. The average molecular weight is 548 g/mol. The van der Waals surface area contributed by atoms with E-state index in [0.717, 1.165) is 30.0 Å². The smallest absolute Gasteiger partial charge is 0.139 e. The lowest BCUT2D eigenvalue weighted by Gasteiger charge is -2.35. The first-order valence-electron chi connectivity index (χ1n) is 16.5. The third kappa shape index (κ3) is 4.46. The Morgan fingerprint density at radius 3 is 2.63 bits per heavy atom. The van der Waals surface area contributed by atoms with Gasteiger partial charge in [-0.15, -0.1) is 0 Å². The molecular formula is C38H45NO2. The molecule has 0 radical (unpaired) electrons. The number of likely N-dealkylation sites (tertiary alicyclic amines) is 1. The highest BCUT2D eigenvalue weighted by atomic mass is 16.5. The molecule has 3 heterocycles. The Morgan fingerprint density at radius 2 is 1.76 bits per heavy atom. The van der Waals surface area contributed by atoms with Gasteiger partial charge in [0, 0.05) is 52.6 Å². The molecule has 0 bridgehead atoms. The normalized spacial score (nSPS) is 35.7. The molecule has 0 amide bonds. The van der Waals surface area contributed by atoms with Gasteiger partial charge in [-0.1, -0.05) is 111 Å². The lowest BCUT2D eigenvalue weighted by atomic mass is 9.70. The monoisotopic (exact) mass is 547 g/mol. The van der Waals surface area contributed by atoms with Crippen molar-refractivity contribution in [1.29, 1.82) is 0 Å². The van der Waals surface area contributed by atoms with Gasteiger partial charge < -0.3 is 9.15 Å². The summed E-state index contributed by atoms with van der Waals surface area (Å²) in [5, 5.41) is 2.43. The standard InChI is InChI=1S/C38H45NO2/c1-3-24(20-25-10-5-4-6-11-25)21-33-36-27(23-39(33)2)17-19-32-30-18-16-26(22-35(30)41-38(32)36)28-13-9-14-31-29-12-7-8-15-34(29)40-37(28)31/h7-9,12-19,21,25-27,30,32-33,35-36,38H,3-6,10-11,20,22-23H2,1-2H3/b24-21+. The fourth-order valence-corrected chi connectivity index (χ4v) is 9.38. The van der Waals surface area contributed by atoms with Crippen LogP contribution in [0.2, 0.25) is 0 Å². The number of ether oxygens (including phenoxy) is 1. The van der Waals surface area contributed by atoms with Crippen LogP contribution in [0.1, 0.15) is 69.8 Å². The molecule has 8 unspecified atom stereocenters. The number of allylic oxidation sites excluding steroid dienone is 2. The zero-order valence-electron chi connectivity index (χ0n) is 24.8. The van der Waals surface area contributed by atoms with Gasteiger partial charge in [0.15, 0.2) is 0 Å². The van der Waals surface area contributed by atoms with E-state index in [0.29, 0.717) is 41.7 Å². The van der Waals surface area contributed by atoms with Gasteiger partial charge in [0.05, 0.1) is 12.2 Å². The van der Waals surface area contributed by atoms with E-state index >= 15 is 0 Å². The van der Waals surface area contributed by atoms with Crippen LogP contribution in [0, 0.1) is 29.6 Å². The molecule has 3 fully saturated rings. The summed E-state index contributed by atoms with van der Waals surface area (Å²) in [5.74, 6) is 3.35. The lowest BCUT2D eigenvalue weighted by molar-refractivity contribution is -0.0175. The van der Waals surface area contributed by atoms with Crippen molar-refractivity contribution in [1.82, 2.24) is 4.90 Å². The topological polar surface area (TPSA) is 25.6 Å². The maximum absolute atomic E-state index is 7.16. The van der Waals surface area contributed by atoms with E-state index in [9.17, 15) is 0 Å². The zero-order chi connectivity index (χ0) is 27.5. The summed E-state index contributed by atoms with van der Waals surface area (Å²) in [6.07, 6.45) is 24.0. The van der Waals surface area contributed by atoms with Crippen LogP contribution in [0.15, 0.2) is 82.8 Å². The van der Waals surface area contributed by atoms with Gasteiger partial charge in [0.25, 0.3) is 0 Å². The predicted octanol–water partition coefficient (Wildman–Crippen LogP) is 9.05. The number of hydrogen-bond acceptors (Lipinski definition) is 3. The third-order valence-electron chi connectivity index (χ3n) is 11.5. The van der Waals surface area contributed by atoms with Crippen LogP contribution in [0.3, 0.4) is 0 Å². The summed E-state index contributed by atoms with van der Waals surface area (Å²) < 4.78 is 13.6. The molecule has 3 aromatic rings. The second-order valence-electron chi connectivity index (χ2n) is 13.8. The Hall–Kier alpha value is -2.62. The molecule has 1 aromatic heterocycles. The maximum Gasteiger partial charge on any atom is 0.139 e. The van der Waals surface area contributed by atoms with Gasteiger partial charge in [-0.25, -0.2) is 0 Å². The molecule has 0 N–H and O–H groups in total. The molecule has 214 valence electrons. The van der Waals surface area contributed by atoms with E-state index in [1.165, 1.54) is 61.3 Å². The molecule has 8 atom stereocenters. The average Bonchev–Trinajstić information content (AvgIpc) is 3.67. The minimum Gasteiger partial charge on any atom is -0.456 e. The first-order valence-corrected chi connectivity index (χ1v) is 16.5. The Labute approximate surface area is 245 Å². The fourth-order valence-electron chi connectivity index (χ4n) is 9.38. The van der Waals surface area contributed by atoms with E-state index in [1.807, 2.05) is 0 Å². The van der Waals surface area contributed by atoms with Crippen LogP contribution in [0.25, 0.3) is 21.9 Å². The summed E-state index contributed by atoms with van der Waals surface area (Å²) in [6.45, 7) is 3.52. The molecule has 1 saturated carbocycles. The molecular weight excluding hydrogens is 502 g/mol. The summed E-state index contributed by atoms with van der Waals surface area (Å²) in [4.78, 5) is 2.63. The van der Waals surface area contributed by atoms with Crippen LogP contribution >= 0.6 is 0 Å². The van der Waals surface area contributed by atoms with Crippen LogP contribution < -0.4 is 0 Å². The number of nitrogens with zero attached hydrogens (tertiary/aromatic N) is 1. The number of fused-ring (bicyclic) bond motifs is 8. The SMILES string of the molecule is CC/C(=C\C1C2C(C=CC3C4C=CC(c5cccc6c5oc5ccccc56)CC4OC32)CN1C)CC1CCCCC1. The van der Waals surface area contributed by atoms with Crippen molar-refractivity contribution >= 4 is 21.9 Å². The molecule has 5 aliphatic rings. The Kier molecular flexibility index (Phi) is 6.72. The second kappa shape index (κ2) is 10.6. The highest BCUT2D eigenvalue weighted by Gasteiger charge is 2.54. The second-order valence-corrected chi connectivity index (χ2v) is 13.8. The van der Waals surface area contributed by atoms with Crippen molar-refractivity contribution < 1.29 is 9.15 Å². The van der Waals surface area contributed by atoms with Gasteiger partial charge in [0.2, 0.25) is 0 Å². The molecule has 0 spiro atoms. The number of rotatable bonds is 5. The summed E-state index contributed by atoms with van der Waals surface area (Å²) in [5.41, 5.74) is 5.02. The fraction of sp³-hybridized carbons (Fsp3) is 0.526. The van der Waals surface area contributed by atoms with E-state index in [-0.39, 0.29) is 6.10 Å². The van der Waals surface area contributed by atoms with Crippen LogP contribution in [-0.4, -0.2) is 36.7 Å². The van der Waals surface area contributed by atoms with Gasteiger partial charge >= 0.3 is 0 Å². The molecule has 3 aliphatic carbocycles. The Morgan fingerprint density at radius 1 is 0.927 bits per heavy atom. The largest absolute Gasteiger partial charge is 0.456 e. The quantitative estimate of drug-likeness (QED) is 0.298. The first-order chi connectivity index (χ1) is 20.2. The molecule has 2 saturated heterocycles. The molecule has 2 aliphatic heterocycles. The molecule has 3 nitrogen and oxygen atoms in total. The highest BCUT2D eigenvalue weighted by Crippen LogP contribution is 2.52. The third-order valence-corrected chi connectivity index (χ3v) is 11.5. The van der Waals surface area contributed by atoms with Crippen LogP contribution in [-0.2, 0) is 4.74 Å². The van der Waals surface area contributed by atoms with Crippen molar-refractivity contribution in [2.75, 3.05) is 13.6 Å². The number of furan rings is 1. The number of para-hydroxylation sites is 2. The molecule has 41 heavy (non-hydrogen) atoms. The van der Waals surface area contributed by atoms with Crippen molar-refractivity contribution in [3.05, 3.63) is 84.0 Å². The first kappa shape index (κ1) is 26.0. The van der Waals surface area contributed by atoms with E-state index < -0.39 is 0 Å². The van der Waals surface area contributed by atoms with E-state index in [4.69, 9.17) is 9.15 Å². The number of likely N-dealkylation sites (N-methyl/N-ethyl adjacent to an activating group) is 1. The van der Waals surface area contributed by atoms with E-state index in [2.05, 4.69) is 91.7 Å². The zero-order valence-corrected chi connectivity index (χ0v) is 24.8. The lowest BCUT2D eigenvalue weighted by Crippen LogP contribution is -2.40. The van der Waals surface area contributed by atoms with Crippen LogP contribution in [0.4, 0.5) is 0 Å². The van der Waals surface area contributed by atoms with Gasteiger partial charge in [0.1, 0.15) is 11.2 Å². The van der Waals surface area contributed by atoms with Crippen LogP contribution in [0.5, 0.6) is 0 Å². The highest BCUT2D eigenvalue weighted by molar-refractivity contribution is 6.06. The predicted molar refractivity (Wildman–Crippen MR) is 168 cm³/mol. The molecule has 2 aromatic carbocycles. The summed E-state index contributed by atoms with van der Waals surface area (Å²) in [7, 11) is 2.35. The van der Waals surface area contributed by atoms with Gasteiger partial charge in [-0.2, -0.15) is 0 Å².